The van der Waals surface area contributed by atoms with Crippen LogP contribution in [-0.4, -0.2) is 60.9 Å². The number of nitrogens with one attached hydrogen (secondary N) is 4. The van der Waals surface area contributed by atoms with Crippen molar-refractivity contribution >= 4 is 34.7 Å². The number of alkyl halides is 3. The van der Waals surface area contributed by atoms with E-state index in [1.807, 2.05) is 13.1 Å². The van der Waals surface area contributed by atoms with E-state index in [1.54, 1.807) is 34.8 Å². The molecule has 0 aliphatic heterocycles. The fraction of sp³-hybridized carbons (Fsp3) is 0.500. The maximum atomic E-state index is 13.7. The quantitative estimate of drug-likeness (QED) is 0.126. The molecule has 1 aliphatic carbocycles. The van der Waals surface area contributed by atoms with Crippen molar-refractivity contribution in [3.05, 3.63) is 47.7 Å². The lowest BCUT2D eigenvalue weighted by molar-refractivity contribution is -0.0327. The normalized spacial score (nSPS) is 15.0. The number of aromatic nitrogens is 2. The van der Waals surface area contributed by atoms with Gasteiger partial charge in [0.05, 0.1) is 29.8 Å². The van der Waals surface area contributed by atoms with Crippen LogP contribution in [0.5, 0.6) is 5.75 Å². The number of hydrogen-bond donors (Lipinski definition) is 4. The van der Waals surface area contributed by atoms with Crippen LogP contribution < -0.4 is 26.0 Å². The number of anilines is 2. The highest BCUT2D eigenvalue weighted by Crippen LogP contribution is 2.41. The Labute approximate surface area is 261 Å². The third kappa shape index (κ3) is 8.99. The Hall–Kier alpha value is -3.56. The standard InChI is InChI=1S/C32H41F3N6O2S/c1-21(36-2)14-16-24(19-22-9-5-6-10-22)39-29-13-7-12-27-30(44-32(33,34)35)25(40-41(27)29)11-8-18-38-26-20-23(31(42)37-3)15-17-28(26)43-4/h7,12-13,15,17,20-22,24,36,38-39H,5-6,9-10,14,16,18-19H2,1-4H3,(H,37,42)/t21-,24+/m0/s1. The number of carbonyl (C=O) groups is 1. The number of thioether (sulfide) groups is 1. The largest absolute Gasteiger partial charge is 0.495 e. The van der Waals surface area contributed by atoms with E-state index in [4.69, 9.17) is 4.74 Å². The summed E-state index contributed by atoms with van der Waals surface area (Å²) < 4.78 is 48.0. The van der Waals surface area contributed by atoms with Crippen molar-refractivity contribution in [1.29, 1.82) is 0 Å². The molecule has 8 nitrogen and oxygen atoms in total. The molecule has 4 N–H and O–H groups in total. The Kier molecular flexibility index (Phi) is 11.7. The van der Waals surface area contributed by atoms with Crippen LogP contribution in [-0.2, 0) is 0 Å². The summed E-state index contributed by atoms with van der Waals surface area (Å²) >= 11 is -0.204. The SMILES string of the molecule is CNC(=O)c1ccc(OC)c(NCC#Cc2nn3c(N[C@H](CC[C@H](C)NC)CC4CCCC4)cccc3c2SC(F)(F)F)c1. The minimum Gasteiger partial charge on any atom is -0.495 e. The van der Waals surface area contributed by atoms with Gasteiger partial charge in [-0.1, -0.05) is 37.7 Å². The lowest BCUT2D eigenvalue weighted by Crippen LogP contribution is -2.28. The summed E-state index contributed by atoms with van der Waals surface area (Å²) in [5, 5.41) is 17.1. The van der Waals surface area contributed by atoms with Crippen molar-refractivity contribution in [2.75, 3.05) is 38.4 Å². The van der Waals surface area contributed by atoms with Crippen LogP contribution in [0, 0.1) is 17.8 Å². The second-order valence-electron chi connectivity index (χ2n) is 11.1. The second kappa shape index (κ2) is 15.4. The summed E-state index contributed by atoms with van der Waals surface area (Å²) in [4.78, 5) is 12.0. The Morgan fingerprint density at radius 2 is 1.95 bits per heavy atom. The van der Waals surface area contributed by atoms with Gasteiger partial charge in [0, 0.05) is 24.7 Å². The van der Waals surface area contributed by atoms with Crippen molar-refractivity contribution in [2.24, 2.45) is 5.92 Å². The molecule has 0 bridgehead atoms. The molecule has 1 fully saturated rings. The molecule has 2 atom stereocenters. The van der Waals surface area contributed by atoms with Gasteiger partial charge in [-0.05, 0) is 87.2 Å². The number of hydrogen-bond acceptors (Lipinski definition) is 7. The van der Waals surface area contributed by atoms with E-state index in [0.717, 1.165) is 19.3 Å². The van der Waals surface area contributed by atoms with E-state index in [1.165, 1.54) is 39.8 Å². The molecule has 0 unspecified atom stereocenters. The minimum atomic E-state index is -4.51. The highest BCUT2D eigenvalue weighted by atomic mass is 32.2. The van der Waals surface area contributed by atoms with E-state index >= 15 is 0 Å². The Morgan fingerprint density at radius 1 is 1.18 bits per heavy atom. The number of rotatable bonds is 13. The van der Waals surface area contributed by atoms with Crippen molar-refractivity contribution < 1.29 is 22.7 Å². The zero-order valence-corrected chi connectivity index (χ0v) is 26.4. The van der Waals surface area contributed by atoms with E-state index in [-0.39, 0.29) is 40.8 Å². The number of nitrogens with zero attached hydrogens (tertiary/aromatic N) is 2. The van der Waals surface area contributed by atoms with E-state index in [9.17, 15) is 18.0 Å². The number of amides is 1. The summed E-state index contributed by atoms with van der Waals surface area (Å²) in [5.41, 5.74) is -3.15. The van der Waals surface area contributed by atoms with Gasteiger partial charge in [-0.2, -0.15) is 18.3 Å². The smallest absolute Gasteiger partial charge is 0.446 e. The summed E-state index contributed by atoms with van der Waals surface area (Å²) in [7, 11) is 5.00. The number of carbonyl (C=O) groups excluding carboxylic acids is 1. The third-order valence-corrected chi connectivity index (χ3v) is 8.82. The van der Waals surface area contributed by atoms with Crippen molar-refractivity contribution in [2.45, 2.75) is 74.4 Å². The number of pyridine rings is 1. The minimum absolute atomic E-state index is 0.0380. The maximum Gasteiger partial charge on any atom is 0.446 e. The lowest BCUT2D eigenvalue weighted by atomic mass is 9.94. The molecular weight excluding hydrogens is 589 g/mol. The summed E-state index contributed by atoms with van der Waals surface area (Å²) in [6.45, 7) is 2.24. The second-order valence-corrected chi connectivity index (χ2v) is 12.2. The van der Waals surface area contributed by atoms with Crippen molar-refractivity contribution in [1.82, 2.24) is 20.2 Å². The fourth-order valence-corrected chi connectivity index (χ4v) is 6.24. The van der Waals surface area contributed by atoms with E-state index in [0.29, 0.717) is 40.3 Å². The molecule has 1 aromatic carbocycles. The van der Waals surface area contributed by atoms with Gasteiger partial charge >= 0.3 is 5.51 Å². The highest BCUT2D eigenvalue weighted by Gasteiger charge is 2.33. The molecule has 238 valence electrons. The van der Waals surface area contributed by atoms with Crippen LogP contribution in [0.1, 0.15) is 67.9 Å². The summed E-state index contributed by atoms with van der Waals surface area (Å²) in [6.07, 6.45) is 7.86. The van der Waals surface area contributed by atoms with Crippen molar-refractivity contribution in [3.63, 3.8) is 0 Å². The molecular formula is C32H41F3N6O2S. The number of benzene rings is 1. The molecule has 2 aromatic heterocycles. The first-order valence-electron chi connectivity index (χ1n) is 15.0. The summed E-state index contributed by atoms with van der Waals surface area (Å²) in [5.74, 6) is 7.29. The first-order chi connectivity index (χ1) is 21.1. The predicted octanol–water partition coefficient (Wildman–Crippen LogP) is 6.53. The van der Waals surface area contributed by atoms with Gasteiger partial charge in [0.15, 0.2) is 0 Å². The van der Waals surface area contributed by atoms with Crippen LogP contribution >= 0.6 is 11.8 Å². The molecule has 2 heterocycles. The zero-order valence-electron chi connectivity index (χ0n) is 25.6. The Balaban J connectivity index is 1.61. The van der Waals surface area contributed by atoms with Crippen LogP contribution in [0.15, 0.2) is 41.3 Å². The van der Waals surface area contributed by atoms with Gasteiger partial charge in [0.1, 0.15) is 17.3 Å². The number of ether oxygens (including phenoxy) is 1. The molecule has 3 aromatic rings. The van der Waals surface area contributed by atoms with Crippen LogP contribution in [0.25, 0.3) is 5.52 Å². The number of fused-ring (bicyclic) bond motifs is 1. The average Bonchev–Trinajstić information content (AvgIpc) is 3.64. The highest BCUT2D eigenvalue weighted by molar-refractivity contribution is 8.00. The molecule has 1 aliphatic rings. The van der Waals surface area contributed by atoms with Gasteiger partial charge in [-0.15, -0.1) is 0 Å². The molecule has 0 spiro atoms. The van der Waals surface area contributed by atoms with Crippen LogP contribution in [0.3, 0.4) is 0 Å². The van der Waals surface area contributed by atoms with Gasteiger partial charge in [-0.25, -0.2) is 4.52 Å². The predicted molar refractivity (Wildman–Crippen MR) is 171 cm³/mol. The third-order valence-electron chi connectivity index (χ3n) is 7.98. The van der Waals surface area contributed by atoms with Gasteiger partial charge in [0.25, 0.3) is 5.91 Å². The van der Waals surface area contributed by atoms with Gasteiger partial charge in [-0.3, -0.25) is 4.79 Å². The van der Waals surface area contributed by atoms with Crippen molar-refractivity contribution in [3.8, 4) is 17.6 Å². The van der Waals surface area contributed by atoms with Crippen LogP contribution in [0.2, 0.25) is 0 Å². The fourth-order valence-electron chi connectivity index (χ4n) is 5.56. The average molecular weight is 631 g/mol. The molecule has 44 heavy (non-hydrogen) atoms. The molecule has 1 saturated carbocycles. The molecule has 1 amide bonds. The molecule has 0 radical (unpaired) electrons. The van der Waals surface area contributed by atoms with E-state index in [2.05, 4.69) is 45.1 Å². The monoisotopic (exact) mass is 630 g/mol. The van der Waals surface area contributed by atoms with Gasteiger partial charge in [0.2, 0.25) is 0 Å². The lowest BCUT2D eigenvalue weighted by Gasteiger charge is -2.24. The zero-order chi connectivity index (χ0) is 31.7. The Morgan fingerprint density at radius 3 is 2.64 bits per heavy atom. The maximum absolute atomic E-state index is 13.7. The summed E-state index contributed by atoms with van der Waals surface area (Å²) in [6, 6.07) is 10.7. The topological polar surface area (TPSA) is 91.7 Å². The van der Waals surface area contributed by atoms with E-state index < -0.39 is 5.51 Å². The Bertz CT molecular complexity index is 1480. The van der Waals surface area contributed by atoms with Crippen LogP contribution in [0.4, 0.5) is 24.7 Å². The number of methoxy groups -OCH3 is 1. The first-order valence-corrected chi connectivity index (χ1v) is 15.8. The molecule has 12 heteroatoms. The molecule has 0 saturated heterocycles. The molecule has 4 rings (SSSR count). The first kappa shape index (κ1) is 33.3. The van der Waals surface area contributed by atoms with Gasteiger partial charge < -0.3 is 26.0 Å². The number of halogens is 3.